The molecule has 80 valence electrons. The Morgan fingerprint density at radius 1 is 1.33 bits per heavy atom. The summed E-state index contributed by atoms with van der Waals surface area (Å²) in [5.74, 6) is 1.03. The maximum absolute atomic E-state index is 10.3. The largest absolute Gasteiger partial charge is 0.380 e. The van der Waals surface area contributed by atoms with Crippen molar-refractivity contribution in [3.8, 4) is 0 Å². The van der Waals surface area contributed by atoms with Crippen LogP contribution in [0.5, 0.6) is 0 Å². The minimum absolute atomic E-state index is 0.312. The predicted molar refractivity (Wildman–Crippen MR) is 58.8 cm³/mol. The van der Waals surface area contributed by atoms with Crippen molar-refractivity contribution in [2.24, 2.45) is 5.92 Å². The van der Waals surface area contributed by atoms with Gasteiger partial charge in [0.1, 0.15) is 6.29 Å². The van der Waals surface area contributed by atoms with Crippen molar-refractivity contribution in [3.05, 3.63) is 35.9 Å². The Kier molecular flexibility index (Phi) is 3.17. The van der Waals surface area contributed by atoms with Crippen LogP contribution in [-0.4, -0.2) is 19.5 Å². The van der Waals surface area contributed by atoms with Crippen LogP contribution in [0.3, 0.4) is 0 Å². The fourth-order valence-electron chi connectivity index (χ4n) is 2.38. The zero-order valence-corrected chi connectivity index (χ0v) is 8.93. The Bertz CT molecular complexity index is 321. The normalized spacial score (nSPS) is 28.7. The van der Waals surface area contributed by atoms with E-state index in [1.807, 2.05) is 6.07 Å². The molecule has 15 heavy (non-hydrogen) atoms. The zero-order chi connectivity index (χ0) is 10.7. The fourth-order valence-corrected chi connectivity index (χ4v) is 2.38. The number of benzene rings is 1. The first-order valence-electron chi connectivity index (χ1n) is 5.40. The second kappa shape index (κ2) is 4.58. The van der Waals surface area contributed by atoms with Gasteiger partial charge in [-0.25, -0.2) is 0 Å². The van der Waals surface area contributed by atoms with Crippen molar-refractivity contribution < 1.29 is 9.53 Å². The second-order valence-corrected chi connectivity index (χ2v) is 4.04. The summed E-state index contributed by atoms with van der Waals surface area (Å²) < 4.78 is 5.42. The summed E-state index contributed by atoms with van der Waals surface area (Å²) in [7, 11) is 1.75. The summed E-state index contributed by atoms with van der Waals surface area (Å²) in [4.78, 5) is 10.3. The molecule has 1 fully saturated rings. The molecule has 0 aromatic heterocycles. The summed E-state index contributed by atoms with van der Waals surface area (Å²) in [6, 6.07) is 10.4. The van der Waals surface area contributed by atoms with E-state index in [1.54, 1.807) is 7.11 Å². The highest BCUT2D eigenvalue weighted by Crippen LogP contribution is 2.51. The third-order valence-electron chi connectivity index (χ3n) is 3.17. The predicted octanol–water partition coefficient (Wildman–Crippen LogP) is 2.39. The fraction of sp³-hybridized carbons (Fsp3) is 0.462. The molecule has 0 amide bonds. The van der Waals surface area contributed by atoms with Crippen LogP contribution in [-0.2, 0) is 9.53 Å². The molecule has 1 aliphatic rings. The lowest BCUT2D eigenvalue weighted by molar-refractivity contribution is -0.108. The van der Waals surface area contributed by atoms with E-state index in [4.69, 9.17) is 4.74 Å². The highest BCUT2D eigenvalue weighted by molar-refractivity contribution is 5.49. The molecule has 3 atom stereocenters. The number of hydrogen-bond donors (Lipinski definition) is 0. The third-order valence-corrected chi connectivity index (χ3v) is 3.17. The summed E-state index contributed by atoms with van der Waals surface area (Å²) >= 11 is 0. The van der Waals surface area contributed by atoms with E-state index in [0.717, 1.165) is 12.7 Å². The van der Waals surface area contributed by atoms with Gasteiger partial charge in [-0.05, 0) is 17.9 Å². The molecular formula is C13H16O2. The maximum Gasteiger partial charge on any atom is 0.120 e. The minimum atomic E-state index is 0.312. The zero-order valence-electron chi connectivity index (χ0n) is 8.93. The topological polar surface area (TPSA) is 26.3 Å². The van der Waals surface area contributed by atoms with Crippen molar-refractivity contribution in [2.75, 3.05) is 7.11 Å². The van der Waals surface area contributed by atoms with Gasteiger partial charge in [0.05, 0.1) is 6.10 Å². The molecule has 0 bridgehead atoms. The van der Waals surface area contributed by atoms with Gasteiger partial charge in [0.2, 0.25) is 0 Å². The number of rotatable bonds is 5. The van der Waals surface area contributed by atoms with Gasteiger partial charge in [-0.1, -0.05) is 30.3 Å². The number of aldehydes is 1. The molecule has 2 nitrogen and oxygen atoms in total. The lowest BCUT2D eigenvalue weighted by Gasteiger charge is -1.97. The van der Waals surface area contributed by atoms with Crippen LogP contribution in [0.25, 0.3) is 0 Å². The highest BCUT2D eigenvalue weighted by Gasteiger charge is 2.50. The SMILES string of the molecule is CO[C@@H]1[C@@H](CCC=O)[C@@H]1c1ccccc1. The van der Waals surface area contributed by atoms with Crippen LogP contribution in [0.1, 0.15) is 24.3 Å². The lowest BCUT2D eigenvalue weighted by atomic mass is 10.1. The van der Waals surface area contributed by atoms with Crippen LogP contribution in [0.2, 0.25) is 0 Å². The first kappa shape index (κ1) is 10.4. The summed E-state index contributed by atoms with van der Waals surface area (Å²) in [5, 5.41) is 0. The van der Waals surface area contributed by atoms with Gasteiger partial charge < -0.3 is 9.53 Å². The monoisotopic (exact) mass is 204 g/mol. The Balaban J connectivity index is 2.01. The van der Waals surface area contributed by atoms with Crippen LogP contribution in [0.15, 0.2) is 30.3 Å². The Labute approximate surface area is 90.3 Å². The summed E-state index contributed by atoms with van der Waals surface area (Å²) in [5.41, 5.74) is 1.33. The molecule has 0 heterocycles. The molecule has 0 spiro atoms. The molecule has 0 aliphatic heterocycles. The van der Waals surface area contributed by atoms with Crippen LogP contribution < -0.4 is 0 Å². The van der Waals surface area contributed by atoms with Crippen LogP contribution in [0.4, 0.5) is 0 Å². The summed E-state index contributed by atoms with van der Waals surface area (Å²) in [6.07, 6.45) is 2.90. The number of ether oxygens (including phenoxy) is 1. The quantitative estimate of drug-likeness (QED) is 0.688. The molecule has 0 unspecified atom stereocenters. The first-order valence-corrected chi connectivity index (χ1v) is 5.40. The second-order valence-electron chi connectivity index (χ2n) is 4.04. The molecular weight excluding hydrogens is 188 g/mol. The van der Waals surface area contributed by atoms with E-state index in [9.17, 15) is 4.79 Å². The van der Waals surface area contributed by atoms with Crippen LogP contribution in [0, 0.1) is 5.92 Å². The minimum Gasteiger partial charge on any atom is -0.380 e. The van der Waals surface area contributed by atoms with Crippen molar-refractivity contribution >= 4 is 6.29 Å². The Morgan fingerprint density at radius 3 is 2.67 bits per heavy atom. The molecule has 1 aromatic rings. The standard InChI is InChI=1S/C13H16O2/c1-15-13-11(8-5-9-14)12(13)10-6-3-2-4-7-10/h2-4,6-7,9,11-13H,5,8H2,1H3/t11-,12-,13+/m0/s1. The molecule has 1 aliphatic carbocycles. The van der Waals surface area contributed by atoms with Crippen molar-refractivity contribution in [1.82, 2.24) is 0 Å². The number of hydrogen-bond acceptors (Lipinski definition) is 2. The van der Waals surface area contributed by atoms with Gasteiger partial charge in [0, 0.05) is 19.4 Å². The van der Waals surface area contributed by atoms with E-state index in [2.05, 4.69) is 24.3 Å². The van der Waals surface area contributed by atoms with E-state index >= 15 is 0 Å². The van der Waals surface area contributed by atoms with E-state index in [1.165, 1.54) is 5.56 Å². The van der Waals surface area contributed by atoms with Crippen LogP contribution >= 0.6 is 0 Å². The van der Waals surface area contributed by atoms with E-state index in [0.29, 0.717) is 24.4 Å². The molecule has 1 aromatic carbocycles. The van der Waals surface area contributed by atoms with Crippen molar-refractivity contribution in [1.29, 1.82) is 0 Å². The van der Waals surface area contributed by atoms with E-state index in [-0.39, 0.29) is 0 Å². The van der Waals surface area contributed by atoms with Gasteiger partial charge in [-0.3, -0.25) is 0 Å². The molecule has 2 rings (SSSR count). The highest BCUT2D eigenvalue weighted by atomic mass is 16.5. The number of carbonyl (C=O) groups excluding carboxylic acids is 1. The van der Waals surface area contributed by atoms with Crippen molar-refractivity contribution in [3.63, 3.8) is 0 Å². The average molecular weight is 204 g/mol. The lowest BCUT2D eigenvalue weighted by Crippen LogP contribution is -1.91. The smallest absolute Gasteiger partial charge is 0.120 e. The molecule has 2 heteroatoms. The molecule has 0 N–H and O–H groups in total. The van der Waals surface area contributed by atoms with Gasteiger partial charge in [0.15, 0.2) is 0 Å². The molecule has 0 saturated heterocycles. The van der Waals surface area contributed by atoms with Gasteiger partial charge in [-0.15, -0.1) is 0 Å². The summed E-state index contributed by atoms with van der Waals surface area (Å²) in [6.45, 7) is 0. The number of methoxy groups -OCH3 is 1. The molecule has 0 radical (unpaired) electrons. The third kappa shape index (κ3) is 2.10. The van der Waals surface area contributed by atoms with Crippen molar-refractivity contribution in [2.45, 2.75) is 24.9 Å². The average Bonchev–Trinajstić information content (AvgIpc) is 3.00. The Morgan fingerprint density at radius 2 is 2.07 bits per heavy atom. The van der Waals surface area contributed by atoms with Gasteiger partial charge >= 0.3 is 0 Å². The van der Waals surface area contributed by atoms with E-state index < -0.39 is 0 Å². The number of carbonyl (C=O) groups is 1. The van der Waals surface area contributed by atoms with Gasteiger partial charge in [-0.2, -0.15) is 0 Å². The molecule has 1 saturated carbocycles. The Hall–Kier alpha value is -1.15. The first-order chi connectivity index (χ1) is 7.38. The van der Waals surface area contributed by atoms with Gasteiger partial charge in [0.25, 0.3) is 0 Å². The maximum atomic E-state index is 10.3.